The van der Waals surface area contributed by atoms with E-state index < -0.39 is 15.8 Å². The number of hydrogen-bond acceptors (Lipinski definition) is 6. The van der Waals surface area contributed by atoms with Gasteiger partial charge in [-0.3, -0.25) is 0 Å². The lowest BCUT2D eigenvalue weighted by Gasteiger charge is -2.37. The fraction of sp³-hybridized carbons (Fsp3) is 0.464. The van der Waals surface area contributed by atoms with Crippen molar-refractivity contribution in [3.05, 3.63) is 54.3 Å². The number of sulfone groups is 1. The van der Waals surface area contributed by atoms with E-state index in [1.807, 2.05) is 19.2 Å². The molecule has 196 valence electrons. The first kappa shape index (κ1) is 28.1. The van der Waals surface area contributed by atoms with E-state index in [2.05, 4.69) is 43.0 Å². The maximum absolute atomic E-state index is 14.0. The summed E-state index contributed by atoms with van der Waals surface area (Å²) in [7, 11) is -3.66. The molecule has 0 saturated heterocycles. The minimum atomic E-state index is -3.66. The number of thioether (sulfide) groups is 1. The van der Waals surface area contributed by atoms with Crippen molar-refractivity contribution in [1.29, 1.82) is 0 Å². The Bertz CT molecular complexity index is 1180. The Balaban J connectivity index is 2.24. The van der Waals surface area contributed by atoms with E-state index in [0.717, 1.165) is 67.0 Å². The molecular weight excluding hydrogens is 494 g/mol. The standard InChI is InChI=1S/C28H37NO5S2/c1-5-7-14-28(15-8-6-2)19-29(22-11-9-21(3)10-12-22)23-17-25(35-4)24(34-16-13-27(30)31)18-26(23)36(32,33)20-28/h9-13,16-18H,5-8,14-15,19-20H2,1-4H3,(H,30,31)/b16-13+. The molecule has 0 radical (unpaired) electrons. The summed E-state index contributed by atoms with van der Waals surface area (Å²) in [4.78, 5) is 14.1. The fourth-order valence-electron chi connectivity index (χ4n) is 4.84. The molecule has 3 rings (SSSR count). The summed E-state index contributed by atoms with van der Waals surface area (Å²) < 4.78 is 33.6. The van der Waals surface area contributed by atoms with E-state index in [1.54, 1.807) is 6.07 Å². The topological polar surface area (TPSA) is 83.9 Å². The number of ether oxygens (including phenoxy) is 1. The van der Waals surface area contributed by atoms with Crippen LogP contribution in [0.15, 0.2) is 58.5 Å². The first-order valence-electron chi connectivity index (χ1n) is 12.5. The van der Waals surface area contributed by atoms with Crippen molar-refractivity contribution >= 4 is 38.9 Å². The van der Waals surface area contributed by atoms with Gasteiger partial charge in [0.25, 0.3) is 0 Å². The second kappa shape index (κ2) is 12.2. The van der Waals surface area contributed by atoms with Gasteiger partial charge < -0.3 is 14.7 Å². The lowest BCUT2D eigenvalue weighted by atomic mass is 9.79. The van der Waals surface area contributed by atoms with Crippen LogP contribution in [0.3, 0.4) is 0 Å². The molecule has 1 heterocycles. The molecule has 0 amide bonds. The number of hydrogen-bond donors (Lipinski definition) is 1. The highest BCUT2D eigenvalue weighted by molar-refractivity contribution is 7.98. The van der Waals surface area contributed by atoms with E-state index in [1.165, 1.54) is 11.8 Å². The highest BCUT2D eigenvalue weighted by Gasteiger charge is 2.42. The van der Waals surface area contributed by atoms with Crippen LogP contribution in [0.1, 0.15) is 57.9 Å². The molecule has 0 bridgehead atoms. The van der Waals surface area contributed by atoms with Gasteiger partial charge in [0.05, 0.1) is 33.6 Å². The minimum Gasteiger partial charge on any atom is -0.478 e. The average molecular weight is 532 g/mol. The number of anilines is 2. The summed E-state index contributed by atoms with van der Waals surface area (Å²) in [6.07, 6.45) is 9.53. The second-order valence-corrected chi connectivity index (χ2v) is 12.4. The van der Waals surface area contributed by atoms with E-state index in [-0.39, 0.29) is 16.1 Å². The normalized spacial score (nSPS) is 16.5. The Morgan fingerprint density at radius 2 is 1.78 bits per heavy atom. The predicted octanol–water partition coefficient (Wildman–Crippen LogP) is 6.99. The second-order valence-electron chi connectivity index (χ2n) is 9.62. The van der Waals surface area contributed by atoms with Crippen molar-refractivity contribution in [2.75, 3.05) is 23.5 Å². The van der Waals surface area contributed by atoms with Crippen LogP contribution in [0.2, 0.25) is 0 Å². The van der Waals surface area contributed by atoms with E-state index >= 15 is 0 Å². The molecule has 6 nitrogen and oxygen atoms in total. The first-order chi connectivity index (χ1) is 17.1. The van der Waals surface area contributed by atoms with Gasteiger partial charge in [-0.2, -0.15) is 0 Å². The number of benzene rings is 2. The van der Waals surface area contributed by atoms with Gasteiger partial charge in [-0.1, -0.05) is 57.2 Å². The molecule has 0 fully saturated rings. The summed E-state index contributed by atoms with van der Waals surface area (Å²) in [5.41, 5.74) is 2.37. The molecule has 1 N–H and O–H groups in total. The molecule has 8 heteroatoms. The smallest absolute Gasteiger partial charge is 0.331 e. The Hall–Kier alpha value is -2.45. The molecule has 36 heavy (non-hydrogen) atoms. The summed E-state index contributed by atoms with van der Waals surface area (Å²) in [6, 6.07) is 11.7. The van der Waals surface area contributed by atoms with Gasteiger partial charge in [-0.05, 0) is 44.2 Å². The van der Waals surface area contributed by atoms with Gasteiger partial charge in [0.15, 0.2) is 9.84 Å². The predicted molar refractivity (Wildman–Crippen MR) is 147 cm³/mol. The molecule has 1 aliphatic rings. The third-order valence-corrected chi connectivity index (χ3v) is 9.48. The van der Waals surface area contributed by atoms with Crippen molar-refractivity contribution in [1.82, 2.24) is 0 Å². The van der Waals surface area contributed by atoms with Crippen LogP contribution >= 0.6 is 11.8 Å². The monoisotopic (exact) mass is 531 g/mol. The zero-order valence-corrected chi connectivity index (χ0v) is 23.3. The van der Waals surface area contributed by atoms with Gasteiger partial charge in [0.1, 0.15) is 5.75 Å². The molecule has 2 aromatic rings. The largest absolute Gasteiger partial charge is 0.478 e. The van der Waals surface area contributed by atoms with Gasteiger partial charge in [-0.25, -0.2) is 13.2 Å². The van der Waals surface area contributed by atoms with Crippen LogP contribution in [0.4, 0.5) is 11.4 Å². The van der Waals surface area contributed by atoms with Crippen molar-refractivity contribution < 1.29 is 23.1 Å². The first-order valence-corrected chi connectivity index (χ1v) is 15.4. The number of rotatable bonds is 11. The molecule has 1 aliphatic heterocycles. The van der Waals surface area contributed by atoms with Crippen LogP contribution in [0.5, 0.6) is 5.75 Å². The Morgan fingerprint density at radius 3 is 2.33 bits per heavy atom. The maximum Gasteiger partial charge on any atom is 0.331 e. The average Bonchev–Trinajstić information content (AvgIpc) is 2.93. The highest BCUT2D eigenvalue weighted by Crippen LogP contribution is 2.47. The van der Waals surface area contributed by atoms with Gasteiger partial charge in [0, 0.05) is 23.7 Å². The van der Waals surface area contributed by atoms with E-state index in [4.69, 9.17) is 9.84 Å². The number of fused-ring (bicyclic) bond motifs is 1. The number of unbranched alkanes of at least 4 members (excludes halogenated alkanes) is 2. The Morgan fingerprint density at radius 1 is 1.14 bits per heavy atom. The molecule has 0 saturated carbocycles. The summed E-state index contributed by atoms with van der Waals surface area (Å²) >= 11 is 1.43. The van der Waals surface area contributed by atoms with Crippen LogP contribution in [0.25, 0.3) is 0 Å². The van der Waals surface area contributed by atoms with Crippen LogP contribution in [-0.4, -0.2) is 38.0 Å². The van der Waals surface area contributed by atoms with Crippen LogP contribution < -0.4 is 9.64 Å². The number of nitrogens with zero attached hydrogens (tertiary/aromatic N) is 1. The summed E-state index contributed by atoms with van der Waals surface area (Å²) in [6.45, 7) is 6.95. The zero-order chi connectivity index (χ0) is 26.3. The highest BCUT2D eigenvalue weighted by atomic mass is 32.2. The Kier molecular flexibility index (Phi) is 9.53. The quantitative estimate of drug-likeness (QED) is 0.190. The van der Waals surface area contributed by atoms with Gasteiger partial charge in [0.2, 0.25) is 0 Å². The van der Waals surface area contributed by atoms with Crippen LogP contribution in [0, 0.1) is 12.3 Å². The number of aliphatic carboxylic acids is 1. The summed E-state index contributed by atoms with van der Waals surface area (Å²) in [5.74, 6) is -0.718. The number of carbonyl (C=O) groups is 1. The third kappa shape index (κ3) is 6.65. The molecular formula is C28H37NO5S2. The van der Waals surface area contributed by atoms with Crippen molar-refractivity contribution in [3.8, 4) is 5.75 Å². The third-order valence-electron chi connectivity index (χ3n) is 6.73. The molecule has 0 spiro atoms. The van der Waals surface area contributed by atoms with E-state index in [0.29, 0.717) is 18.0 Å². The van der Waals surface area contributed by atoms with Gasteiger partial charge in [-0.15, -0.1) is 11.8 Å². The Labute approximate surface area is 219 Å². The lowest BCUT2D eigenvalue weighted by molar-refractivity contribution is -0.131. The maximum atomic E-state index is 14.0. The molecule has 0 atom stereocenters. The molecule has 0 aromatic heterocycles. The van der Waals surface area contributed by atoms with E-state index in [9.17, 15) is 13.2 Å². The van der Waals surface area contributed by atoms with Crippen molar-refractivity contribution in [3.63, 3.8) is 0 Å². The molecule has 0 unspecified atom stereocenters. The SMILES string of the molecule is CCCCC1(CCCC)CN(c2ccc(C)cc2)c2cc(SC)c(O/C=C/C(=O)O)cc2S(=O)(=O)C1. The van der Waals surface area contributed by atoms with Crippen LogP contribution in [-0.2, 0) is 14.6 Å². The minimum absolute atomic E-state index is 0.0817. The van der Waals surface area contributed by atoms with Crippen molar-refractivity contribution in [2.45, 2.75) is 69.1 Å². The zero-order valence-electron chi connectivity index (χ0n) is 21.6. The molecule has 2 aromatic carbocycles. The number of carboxylic acid groups (broad SMARTS) is 1. The van der Waals surface area contributed by atoms with Crippen molar-refractivity contribution in [2.24, 2.45) is 5.41 Å². The number of carboxylic acids is 1. The van der Waals surface area contributed by atoms with Gasteiger partial charge >= 0.3 is 5.97 Å². The summed E-state index contributed by atoms with van der Waals surface area (Å²) in [5, 5.41) is 8.94. The fourth-order valence-corrected chi connectivity index (χ4v) is 7.49. The number of aryl methyl sites for hydroxylation is 1. The molecule has 0 aliphatic carbocycles. The lowest BCUT2D eigenvalue weighted by Crippen LogP contribution is -2.38.